The van der Waals surface area contributed by atoms with Gasteiger partial charge in [0, 0.05) is 29.1 Å². The molecule has 5 nitrogen and oxygen atoms in total. The van der Waals surface area contributed by atoms with E-state index in [1.165, 1.54) is 0 Å². The maximum atomic E-state index is 12.4. The van der Waals surface area contributed by atoms with Crippen molar-refractivity contribution in [3.05, 3.63) is 30.3 Å². The molecule has 0 unspecified atom stereocenters. The van der Waals surface area contributed by atoms with Crippen molar-refractivity contribution in [1.82, 2.24) is 10.3 Å². The molecule has 2 atom stereocenters. The number of aromatic nitrogens is 1. The number of piperidine rings is 1. The van der Waals surface area contributed by atoms with Crippen molar-refractivity contribution in [2.24, 2.45) is 5.92 Å². The minimum absolute atomic E-state index is 0.0842. The third kappa shape index (κ3) is 3.20. The van der Waals surface area contributed by atoms with Gasteiger partial charge in [-0.1, -0.05) is 0 Å². The number of carbonyl (C=O) groups excluding carboxylic acids is 1. The monoisotopic (exact) mass is 299 g/mol. The number of methoxy groups -OCH3 is 1. The molecule has 0 bridgehead atoms. The van der Waals surface area contributed by atoms with Crippen molar-refractivity contribution in [2.75, 3.05) is 19.0 Å². The van der Waals surface area contributed by atoms with Gasteiger partial charge in [0.1, 0.15) is 0 Å². The number of benzene rings is 1. The van der Waals surface area contributed by atoms with Gasteiger partial charge in [0.2, 0.25) is 11.8 Å². The number of carbonyl (C=O) groups is 1. The molecule has 1 saturated heterocycles. The number of anilines is 1. The Hall–Kier alpha value is -2.14. The van der Waals surface area contributed by atoms with Crippen LogP contribution in [0.5, 0.6) is 5.88 Å². The van der Waals surface area contributed by atoms with Crippen LogP contribution in [0.15, 0.2) is 30.3 Å². The normalized spacial score (nSPS) is 21.5. The molecule has 0 spiro atoms. The Labute approximate surface area is 130 Å². The minimum atomic E-state index is 0.0842. The second-order valence-corrected chi connectivity index (χ2v) is 5.83. The second kappa shape index (κ2) is 6.32. The second-order valence-electron chi connectivity index (χ2n) is 5.83. The number of hydrogen-bond donors (Lipinski definition) is 2. The summed E-state index contributed by atoms with van der Waals surface area (Å²) in [7, 11) is 1.60. The van der Waals surface area contributed by atoms with Gasteiger partial charge in [0.05, 0.1) is 12.6 Å². The Morgan fingerprint density at radius 3 is 3.00 bits per heavy atom. The SMILES string of the molecule is COc1ccc2cc(NC(=O)[C@H]3CCN[C@@H](C)C3)ccc2n1. The molecule has 2 heterocycles. The van der Waals surface area contributed by atoms with E-state index >= 15 is 0 Å². The zero-order valence-corrected chi connectivity index (χ0v) is 12.9. The van der Waals surface area contributed by atoms with Gasteiger partial charge < -0.3 is 15.4 Å². The maximum absolute atomic E-state index is 12.4. The van der Waals surface area contributed by atoms with E-state index in [1.54, 1.807) is 7.11 Å². The van der Waals surface area contributed by atoms with E-state index in [1.807, 2.05) is 30.3 Å². The molecule has 0 saturated carbocycles. The Kier molecular flexibility index (Phi) is 4.24. The molecule has 0 radical (unpaired) electrons. The highest BCUT2D eigenvalue weighted by Gasteiger charge is 2.24. The lowest BCUT2D eigenvalue weighted by Crippen LogP contribution is -2.40. The van der Waals surface area contributed by atoms with Gasteiger partial charge in [0.25, 0.3) is 0 Å². The summed E-state index contributed by atoms with van der Waals surface area (Å²) < 4.78 is 5.12. The molecule has 0 aliphatic carbocycles. The molecule has 116 valence electrons. The lowest BCUT2D eigenvalue weighted by atomic mass is 9.92. The number of fused-ring (bicyclic) bond motifs is 1. The predicted octanol–water partition coefficient (Wildman–Crippen LogP) is 2.57. The summed E-state index contributed by atoms with van der Waals surface area (Å²) in [4.78, 5) is 16.7. The van der Waals surface area contributed by atoms with Crippen LogP contribution in [-0.4, -0.2) is 30.6 Å². The Bertz CT molecular complexity index is 687. The van der Waals surface area contributed by atoms with Gasteiger partial charge in [-0.05, 0) is 50.6 Å². The third-order valence-corrected chi connectivity index (χ3v) is 4.13. The first-order valence-corrected chi connectivity index (χ1v) is 7.65. The van der Waals surface area contributed by atoms with Crippen molar-refractivity contribution in [1.29, 1.82) is 0 Å². The quantitative estimate of drug-likeness (QED) is 0.914. The molecule has 2 aromatic rings. The van der Waals surface area contributed by atoms with E-state index in [0.717, 1.165) is 36.0 Å². The predicted molar refractivity (Wildman–Crippen MR) is 87.1 cm³/mol. The van der Waals surface area contributed by atoms with Crippen LogP contribution in [0.4, 0.5) is 5.69 Å². The first-order chi connectivity index (χ1) is 10.7. The number of amides is 1. The third-order valence-electron chi connectivity index (χ3n) is 4.13. The van der Waals surface area contributed by atoms with E-state index in [4.69, 9.17) is 4.74 Å². The summed E-state index contributed by atoms with van der Waals surface area (Å²) in [5, 5.41) is 7.38. The van der Waals surface area contributed by atoms with Crippen LogP contribution < -0.4 is 15.4 Å². The van der Waals surface area contributed by atoms with Gasteiger partial charge in [-0.3, -0.25) is 4.79 Å². The molecule has 3 rings (SSSR count). The van der Waals surface area contributed by atoms with Crippen molar-refractivity contribution in [3.8, 4) is 5.88 Å². The molecule has 1 aliphatic rings. The highest BCUT2D eigenvalue weighted by Crippen LogP contribution is 2.22. The summed E-state index contributed by atoms with van der Waals surface area (Å²) in [6.07, 6.45) is 1.78. The average molecular weight is 299 g/mol. The zero-order chi connectivity index (χ0) is 15.5. The fraction of sp³-hybridized carbons (Fsp3) is 0.412. The highest BCUT2D eigenvalue weighted by atomic mass is 16.5. The van der Waals surface area contributed by atoms with Gasteiger partial charge in [-0.25, -0.2) is 4.98 Å². The Morgan fingerprint density at radius 2 is 2.23 bits per heavy atom. The van der Waals surface area contributed by atoms with Crippen molar-refractivity contribution in [2.45, 2.75) is 25.8 Å². The fourth-order valence-electron chi connectivity index (χ4n) is 2.91. The number of ether oxygens (including phenoxy) is 1. The molecule has 1 aromatic heterocycles. The van der Waals surface area contributed by atoms with Gasteiger partial charge in [-0.2, -0.15) is 0 Å². The first kappa shape index (κ1) is 14.8. The molecule has 22 heavy (non-hydrogen) atoms. The molecule has 1 amide bonds. The van der Waals surface area contributed by atoms with Gasteiger partial charge in [0.15, 0.2) is 0 Å². The van der Waals surface area contributed by atoms with Crippen molar-refractivity contribution >= 4 is 22.5 Å². The molecular weight excluding hydrogens is 278 g/mol. The topological polar surface area (TPSA) is 63.2 Å². The highest BCUT2D eigenvalue weighted by molar-refractivity contribution is 5.95. The Morgan fingerprint density at radius 1 is 1.36 bits per heavy atom. The molecule has 1 aromatic carbocycles. The van der Waals surface area contributed by atoms with Crippen LogP contribution >= 0.6 is 0 Å². The number of hydrogen-bond acceptors (Lipinski definition) is 4. The first-order valence-electron chi connectivity index (χ1n) is 7.65. The van der Waals surface area contributed by atoms with E-state index in [0.29, 0.717) is 11.9 Å². The van der Waals surface area contributed by atoms with Gasteiger partial charge >= 0.3 is 0 Å². The lowest BCUT2D eigenvalue weighted by molar-refractivity contribution is -0.120. The van der Waals surface area contributed by atoms with Crippen LogP contribution in [0.3, 0.4) is 0 Å². The summed E-state index contributed by atoms with van der Waals surface area (Å²) in [6.45, 7) is 3.02. The minimum Gasteiger partial charge on any atom is -0.481 e. The number of rotatable bonds is 3. The van der Waals surface area contributed by atoms with Crippen LogP contribution in [0.25, 0.3) is 10.9 Å². The number of nitrogens with one attached hydrogen (secondary N) is 2. The fourth-order valence-corrected chi connectivity index (χ4v) is 2.91. The van der Waals surface area contributed by atoms with Gasteiger partial charge in [-0.15, -0.1) is 0 Å². The Balaban J connectivity index is 1.74. The van der Waals surface area contributed by atoms with Crippen LogP contribution in [0, 0.1) is 5.92 Å². The summed E-state index contributed by atoms with van der Waals surface area (Å²) in [5.41, 5.74) is 1.67. The molecular formula is C17H21N3O2. The lowest BCUT2D eigenvalue weighted by Gasteiger charge is -2.27. The average Bonchev–Trinajstić information content (AvgIpc) is 2.54. The molecule has 1 fully saturated rings. The summed E-state index contributed by atoms with van der Waals surface area (Å²) in [5.74, 6) is 0.781. The van der Waals surface area contributed by atoms with Crippen LogP contribution in [0.2, 0.25) is 0 Å². The van der Waals surface area contributed by atoms with Crippen LogP contribution in [-0.2, 0) is 4.79 Å². The molecule has 1 aliphatic heterocycles. The zero-order valence-electron chi connectivity index (χ0n) is 12.9. The van der Waals surface area contributed by atoms with Crippen molar-refractivity contribution in [3.63, 3.8) is 0 Å². The molecule has 5 heteroatoms. The van der Waals surface area contributed by atoms with E-state index in [9.17, 15) is 4.79 Å². The van der Waals surface area contributed by atoms with Crippen molar-refractivity contribution < 1.29 is 9.53 Å². The maximum Gasteiger partial charge on any atom is 0.227 e. The summed E-state index contributed by atoms with van der Waals surface area (Å²) in [6, 6.07) is 9.91. The van der Waals surface area contributed by atoms with E-state index in [2.05, 4.69) is 22.5 Å². The van der Waals surface area contributed by atoms with E-state index < -0.39 is 0 Å². The standard InChI is InChI=1S/C17H21N3O2/c1-11-9-13(7-8-18-11)17(21)19-14-4-5-15-12(10-14)3-6-16(20-15)22-2/h3-6,10-11,13,18H,7-9H2,1-2H3,(H,19,21)/t11-,13-/m0/s1. The summed E-state index contributed by atoms with van der Waals surface area (Å²) >= 11 is 0. The van der Waals surface area contributed by atoms with Crippen LogP contribution in [0.1, 0.15) is 19.8 Å². The number of nitrogens with zero attached hydrogens (tertiary/aromatic N) is 1. The number of pyridine rings is 1. The molecule has 2 N–H and O–H groups in total. The largest absolute Gasteiger partial charge is 0.481 e. The van der Waals surface area contributed by atoms with E-state index in [-0.39, 0.29) is 11.8 Å². The smallest absolute Gasteiger partial charge is 0.227 e.